The number of ether oxygens (including phenoxy) is 3. The van der Waals surface area contributed by atoms with E-state index in [-0.39, 0.29) is 6.79 Å². The SMILES string of the molecule is CCNCc1ccc(Oc2ccc3c(c2)OCO3)cc1C. The molecule has 0 bridgehead atoms. The Morgan fingerprint density at radius 3 is 2.62 bits per heavy atom. The van der Waals surface area contributed by atoms with E-state index >= 15 is 0 Å². The molecule has 21 heavy (non-hydrogen) atoms. The molecule has 0 amide bonds. The summed E-state index contributed by atoms with van der Waals surface area (Å²) in [6.07, 6.45) is 0. The summed E-state index contributed by atoms with van der Waals surface area (Å²) in [5, 5.41) is 3.33. The Morgan fingerprint density at radius 2 is 1.81 bits per heavy atom. The van der Waals surface area contributed by atoms with Crippen molar-refractivity contribution in [3.05, 3.63) is 47.5 Å². The zero-order valence-corrected chi connectivity index (χ0v) is 12.3. The average molecular weight is 285 g/mol. The van der Waals surface area contributed by atoms with E-state index in [9.17, 15) is 0 Å². The Balaban J connectivity index is 1.74. The molecule has 0 atom stereocenters. The first-order valence-electron chi connectivity index (χ1n) is 7.14. The van der Waals surface area contributed by atoms with Gasteiger partial charge in [0.2, 0.25) is 6.79 Å². The van der Waals surface area contributed by atoms with Gasteiger partial charge in [0.05, 0.1) is 0 Å². The number of aryl methyl sites for hydroxylation is 1. The molecular weight excluding hydrogens is 266 g/mol. The van der Waals surface area contributed by atoms with Gasteiger partial charge in [-0.25, -0.2) is 0 Å². The molecule has 0 unspecified atom stereocenters. The largest absolute Gasteiger partial charge is 0.457 e. The van der Waals surface area contributed by atoms with Crippen LogP contribution in [-0.4, -0.2) is 13.3 Å². The molecule has 1 aliphatic heterocycles. The third-order valence-corrected chi connectivity index (χ3v) is 3.46. The Labute approximate surface area is 124 Å². The highest BCUT2D eigenvalue weighted by atomic mass is 16.7. The van der Waals surface area contributed by atoms with Crippen molar-refractivity contribution in [2.24, 2.45) is 0 Å². The molecule has 1 aliphatic rings. The number of nitrogens with one attached hydrogen (secondary N) is 1. The van der Waals surface area contributed by atoms with E-state index in [4.69, 9.17) is 14.2 Å². The quantitative estimate of drug-likeness (QED) is 0.910. The highest BCUT2D eigenvalue weighted by molar-refractivity contribution is 5.48. The molecule has 0 radical (unpaired) electrons. The molecule has 2 aromatic carbocycles. The fraction of sp³-hybridized carbons (Fsp3) is 0.294. The Bertz CT molecular complexity index is 640. The summed E-state index contributed by atoms with van der Waals surface area (Å²) in [5.41, 5.74) is 2.50. The van der Waals surface area contributed by atoms with E-state index in [0.717, 1.165) is 36.1 Å². The van der Waals surface area contributed by atoms with E-state index in [2.05, 4.69) is 31.3 Å². The predicted octanol–water partition coefficient (Wildman–Crippen LogP) is 3.63. The van der Waals surface area contributed by atoms with Crippen LogP contribution < -0.4 is 19.5 Å². The maximum Gasteiger partial charge on any atom is 0.231 e. The molecular formula is C17H19NO3. The summed E-state index contributed by atoms with van der Waals surface area (Å²) >= 11 is 0. The monoisotopic (exact) mass is 285 g/mol. The number of fused-ring (bicyclic) bond motifs is 1. The summed E-state index contributed by atoms with van der Waals surface area (Å²) in [6, 6.07) is 11.7. The highest BCUT2D eigenvalue weighted by Gasteiger charge is 2.14. The second-order valence-electron chi connectivity index (χ2n) is 4.99. The summed E-state index contributed by atoms with van der Waals surface area (Å²) < 4.78 is 16.5. The molecule has 1 N–H and O–H groups in total. The van der Waals surface area contributed by atoms with Crippen molar-refractivity contribution < 1.29 is 14.2 Å². The molecule has 0 saturated carbocycles. The van der Waals surface area contributed by atoms with Gasteiger partial charge in [-0.3, -0.25) is 0 Å². The number of hydrogen-bond acceptors (Lipinski definition) is 4. The first kappa shape index (κ1) is 13.8. The normalized spacial score (nSPS) is 12.5. The standard InChI is InChI=1S/C17H19NO3/c1-3-18-10-13-4-5-14(8-12(13)2)21-15-6-7-16-17(9-15)20-11-19-16/h4-9,18H,3,10-11H2,1-2H3. The van der Waals surface area contributed by atoms with Gasteiger partial charge in [-0.2, -0.15) is 0 Å². The van der Waals surface area contributed by atoms with Crippen molar-refractivity contribution in [1.82, 2.24) is 5.32 Å². The lowest BCUT2D eigenvalue weighted by Crippen LogP contribution is -2.12. The molecule has 0 saturated heterocycles. The maximum absolute atomic E-state index is 5.89. The minimum atomic E-state index is 0.275. The summed E-state index contributed by atoms with van der Waals surface area (Å²) in [4.78, 5) is 0. The number of rotatable bonds is 5. The second-order valence-corrected chi connectivity index (χ2v) is 4.99. The third-order valence-electron chi connectivity index (χ3n) is 3.46. The van der Waals surface area contributed by atoms with E-state index in [1.807, 2.05) is 24.3 Å². The van der Waals surface area contributed by atoms with E-state index in [0.29, 0.717) is 0 Å². The molecule has 4 nitrogen and oxygen atoms in total. The molecule has 2 aromatic rings. The Morgan fingerprint density at radius 1 is 1.05 bits per heavy atom. The zero-order valence-electron chi connectivity index (χ0n) is 12.3. The van der Waals surface area contributed by atoms with Crippen LogP contribution in [0.2, 0.25) is 0 Å². The Hall–Kier alpha value is -2.20. The molecule has 0 aromatic heterocycles. The number of hydrogen-bond donors (Lipinski definition) is 1. The van der Waals surface area contributed by atoms with Gasteiger partial charge in [-0.15, -0.1) is 0 Å². The van der Waals surface area contributed by atoms with Gasteiger partial charge < -0.3 is 19.5 Å². The fourth-order valence-electron chi connectivity index (χ4n) is 2.27. The van der Waals surface area contributed by atoms with Gasteiger partial charge in [0.25, 0.3) is 0 Å². The van der Waals surface area contributed by atoms with Gasteiger partial charge in [-0.05, 0) is 48.9 Å². The minimum Gasteiger partial charge on any atom is -0.457 e. The topological polar surface area (TPSA) is 39.7 Å². The maximum atomic E-state index is 5.89. The van der Waals surface area contributed by atoms with Gasteiger partial charge in [0.15, 0.2) is 11.5 Å². The van der Waals surface area contributed by atoms with Crippen LogP contribution in [0.3, 0.4) is 0 Å². The van der Waals surface area contributed by atoms with Crippen LogP contribution in [0.5, 0.6) is 23.0 Å². The van der Waals surface area contributed by atoms with Gasteiger partial charge in [0.1, 0.15) is 11.5 Å². The van der Waals surface area contributed by atoms with Crippen molar-refractivity contribution in [1.29, 1.82) is 0 Å². The van der Waals surface area contributed by atoms with Crippen molar-refractivity contribution >= 4 is 0 Å². The van der Waals surface area contributed by atoms with E-state index in [1.165, 1.54) is 11.1 Å². The van der Waals surface area contributed by atoms with Crippen LogP contribution in [0.25, 0.3) is 0 Å². The number of benzene rings is 2. The predicted molar refractivity (Wildman–Crippen MR) is 81.2 cm³/mol. The van der Waals surface area contributed by atoms with Crippen LogP contribution in [0.15, 0.2) is 36.4 Å². The first-order valence-corrected chi connectivity index (χ1v) is 7.14. The lowest BCUT2D eigenvalue weighted by atomic mass is 10.1. The van der Waals surface area contributed by atoms with Crippen LogP contribution in [0.4, 0.5) is 0 Å². The van der Waals surface area contributed by atoms with Gasteiger partial charge in [0, 0.05) is 12.6 Å². The third kappa shape index (κ3) is 3.11. The summed E-state index contributed by atoms with van der Waals surface area (Å²) in [6.45, 7) is 6.32. The Kier molecular flexibility index (Phi) is 3.97. The van der Waals surface area contributed by atoms with Crippen LogP contribution in [-0.2, 0) is 6.54 Å². The lowest BCUT2D eigenvalue weighted by molar-refractivity contribution is 0.174. The average Bonchev–Trinajstić information content (AvgIpc) is 2.94. The van der Waals surface area contributed by atoms with E-state index in [1.54, 1.807) is 0 Å². The lowest BCUT2D eigenvalue weighted by Gasteiger charge is -2.10. The molecule has 3 rings (SSSR count). The molecule has 0 spiro atoms. The van der Waals surface area contributed by atoms with Crippen molar-refractivity contribution in [3.63, 3.8) is 0 Å². The smallest absolute Gasteiger partial charge is 0.231 e. The fourth-order valence-corrected chi connectivity index (χ4v) is 2.27. The minimum absolute atomic E-state index is 0.275. The van der Waals surface area contributed by atoms with Gasteiger partial charge >= 0.3 is 0 Å². The van der Waals surface area contributed by atoms with Crippen molar-refractivity contribution in [2.75, 3.05) is 13.3 Å². The molecule has 0 aliphatic carbocycles. The second kappa shape index (κ2) is 6.06. The van der Waals surface area contributed by atoms with Crippen LogP contribution >= 0.6 is 0 Å². The van der Waals surface area contributed by atoms with Crippen molar-refractivity contribution in [2.45, 2.75) is 20.4 Å². The molecule has 4 heteroatoms. The molecule has 1 heterocycles. The summed E-state index contributed by atoms with van der Waals surface area (Å²) in [7, 11) is 0. The van der Waals surface area contributed by atoms with Crippen LogP contribution in [0, 0.1) is 6.92 Å². The molecule has 110 valence electrons. The highest BCUT2D eigenvalue weighted by Crippen LogP contribution is 2.36. The zero-order chi connectivity index (χ0) is 14.7. The summed E-state index contributed by atoms with van der Waals surface area (Å²) in [5.74, 6) is 3.07. The van der Waals surface area contributed by atoms with E-state index < -0.39 is 0 Å². The van der Waals surface area contributed by atoms with Gasteiger partial charge in [-0.1, -0.05) is 13.0 Å². The van der Waals surface area contributed by atoms with Crippen molar-refractivity contribution in [3.8, 4) is 23.0 Å². The molecule has 0 fully saturated rings. The first-order chi connectivity index (χ1) is 10.3. The van der Waals surface area contributed by atoms with Crippen LogP contribution in [0.1, 0.15) is 18.1 Å².